The van der Waals surface area contributed by atoms with Crippen molar-refractivity contribution in [3.05, 3.63) is 119 Å². The van der Waals surface area contributed by atoms with E-state index < -0.39 is 0 Å². The number of nitrogens with zero attached hydrogens (tertiary/aromatic N) is 1. The largest absolute Gasteiger partial charge is 0.508 e. The predicted molar refractivity (Wildman–Crippen MR) is 116 cm³/mol. The van der Waals surface area contributed by atoms with Crippen LogP contribution in [-0.4, -0.2) is 15.9 Å². The first kappa shape index (κ1) is 18.8. The summed E-state index contributed by atoms with van der Waals surface area (Å²) in [4.78, 5) is 15.4. The monoisotopic (exact) mass is 381 g/mol. The van der Waals surface area contributed by atoms with E-state index in [1.54, 1.807) is 12.1 Å². The molecule has 1 amide bonds. The van der Waals surface area contributed by atoms with Crippen molar-refractivity contribution in [2.75, 3.05) is 0 Å². The summed E-state index contributed by atoms with van der Waals surface area (Å²) in [5.74, 6) is 0.241. The molecule has 1 aliphatic heterocycles. The Labute approximate surface area is 171 Å². The SMILES string of the molecule is O=C(c1ccccc1)N1C(C=Cc2ccc(O)cc2)=CCCC1c1ccccc1. The van der Waals surface area contributed by atoms with Crippen LogP contribution in [0.3, 0.4) is 0 Å². The van der Waals surface area contributed by atoms with Gasteiger partial charge in [-0.1, -0.05) is 72.8 Å². The van der Waals surface area contributed by atoms with E-state index >= 15 is 0 Å². The Bertz CT molecular complexity index is 1020. The number of hydrogen-bond donors (Lipinski definition) is 1. The van der Waals surface area contributed by atoms with Gasteiger partial charge in [0.05, 0.1) is 6.04 Å². The van der Waals surface area contributed by atoms with Gasteiger partial charge in [-0.15, -0.1) is 0 Å². The maximum Gasteiger partial charge on any atom is 0.258 e. The van der Waals surface area contributed by atoms with Crippen molar-refractivity contribution in [3.8, 4) is 5.75 Å². The Kier molecular flexibility index (Phi) is 5.57. The lowest BCUT2D eigenvalue weighted by Crippen LogP contribution is -2.35. The third-order valence-corrected chi connectivity index (χ3v) is 5.15. The van der Waals surface area contributed by atoms with Crippen LogP contribution in [0.25, 0.3) is 6.08 Å². The van der Waals surface area contributed by atoms with Crippen LogP contribution in [-0.2, 0) is 0 Å². The number of benzene rings is 3. The molecule has 0 aromatic heterocycles. The van der Waals surface area contributed by atoms with Gasteiger partial charge in [-0.25, -0.2) is 0 Å². The molecular weight excluding hydrogens is 358 g/mol. The Hall–Kier alpha value is -3.59. The van der Waals surface area contributed by atoms with Gasteiger partial charge in [0, 0.05) is 11.3 Å². The molecule has 3 aromatic carbocycles. The molecular formula is C26H23NO2. The fourth-order valence-corrected chi connectivity index (χ4v) is 3.68. The standard InChI is InChI=1S/C26H23NO2/c28-24-18-15-20(16-19-24)14-17-23-12-7-13-25(21-8-3-1-4-9-21)27(23)26(29)22-10-5-2-6-11-22/h1-6,8-12,14-19,25,28H,7,13H2. The van der Waals surface area contributed by atoms with Gasteiger partial charge in [-0.3, -0.25) is 4.79 Å². The summed E-state index contributed by atoms with van der Waals surface area (Å²) in [5.41, 5.74) is 3.68. The number of carbonyl (C=O) groups is 1. The van der Waals surface area contributed by atoms with Gasteiger partial charge in [-0.05, 0) is 54.3 Å². The molecule has 1 heterocycles. The Morgan fingerprint density at radius 1 is 0.862 bits per heavy atom. The molecule has 1 atom stereocenters. The summed E-state index contributed by atoms with van der Waals surface area (Å²) in [6.45, 7) is 0. The van der Waals surface area contributed by atoms with Crippen molar-refractivity contribution in [2.45, 2.75) is 18.9 Å². The lowest BCUT2D eigenvalue weighted by atomic mass is 9.94. The molecule has 1 unspecified atom stereocenters. The molecule has 0 aliphatic carbocycles. The molecule has 1 N–H and O–H groups in total. The number of allylic oxidation sites excluding steroid dienone is 2. The highest BCUT2D eigenvalue weighted by Crippen LogP contribution is 2.35. The van der Waals surface area contributed by atoms with Crippen molar-refractivity contribution < 1.29 is 9.90 Å². The van der Waals surface area contributed by atoms with E-state index in [2.05, 4.69) is 18.2 Å². The van der Waals surface area contributed by atoms with Crippen LogP contribution in [0.2, 0.25) is 0 Å². The maximum absolute atomic E-state index is 13.5. The average molecular weight is 381 g/mol. The van der Waals surface area contributed by atoms with Gasteiger partial charge in [0.1, 0.15) is 5.75 Å². The number of aromatic hydroxyl groups is 1. The van der Waals surface area contributed by atoms with Crippen molar-refractivity contribution in [1.82, 2.24) is 4.90 Å². The third-order valence-electron chi connectivity index (χ3n) is 5.15. The van der Waals surface area contributed by atoms with Crippen LogP contribution in [0.5, 0.6) is 5.75 Å². The molecule has 0 spiro atoms. The zero-order valence-corrected chi connectivity index (χ0v) is 16.1. The van der Waals surface area contributed by atoms with Crippen LogP contribution in [0.4, 0.5) is 0 Å². The zero-order valence-electron chi connectivity index (χ0n) is 16.1. The highest BCUT2D eigenvalue weighted by Gasteiger charge is 2.30. The summed E-state index contributed by atoms with van der Waals surface area (Å²) in [6, 6.07) is 26.7. The van der Waals surface area contributed by atoms with Gasteiger partial charge in [0.2, 0.25) is 0 Å². The molecule has 144 valence electrons. The van der Waals surface area contributed by atoms with Gasteiger partial charge in [0.15, 0.2) is 0 Å². The number of phenolic OH excluding ortho intramolecular Hbond substituents is 1. The zero-order chi connectivity index (χ0) is 20.1. The number of amides is 1. The number of rotatable bonds is 4. The quantitative estimate of drug-likeness (QED) is 0.605. The van der Waals surface area contributed by atoms with Crippen LogP contribution in [0.15, 0.2) is 103 Å². The summed E-state index contributed by atoms with van der Waals surface area (Å²) in [5, 5.41) is 9.49. The normalized spacial score (nSPS) is 16.6. The van der Waals surface area contributed by atoms with E-state index in [4.69, 9.17) is 0 Å². The molecule has 29 heavy (non-hydrogen) atoms. The third kappa shape index (κ3) is 4.30. The second-order valence-electron chi connectivity index (χ2n) is 7.10. The van der Waals surface area contributed by atoms with E-state index in [9.17, 15) is 9.90 Å². The first-order valence-corrected chi connectivity index (χ1v) is 9.83. The Balaban J connectivity index is 1.70. The molecule has 0 bridgehead atoms. The molecule has 3 heteroatoms. The first-order valence-electron chi connectivity index (χ1n) is 9.83. The van der Waals surface area contributed by atoms with Crippen molar-refractivity contribution in [1.29, 1.82) is 0 Å². The summed E-state index contributed by atoms with van der Waals surface area (Å²) >= 11 is 0. The van der Waals surface area contributed by atoms with Crippen LogP contribution >= 0.6 is 0 Å². The van der Waals surface area contributed by atoms with Crippen LogP contribution in [0, 0.1) is 0 Å². The lowest BCUT2D eigenvalue weighted by Gasteiger charge is -2.36. The molecule has 1 aliphatic rings. The number of phenols is 1. The average Bonchev–Trinajstić information content (AvgIpc) is 2.79. The van der Waals surface area contributed by atoms with E-state index in [0.717, 1.165) is 29.7 Å². The Morgan fingerprint density at radius 3 is 2.21 bits per heavy atom. The predicted octanol–water partition coefficient (Wildman–Crippen LogP) is 5.97. The van der Waals surface area contributed by atoms with Crippen molar-refractivity contribution in [3.63, 3.8) is 0 Å². The molecule has 0 saturated heterocycles. The first-order chi connectivity index (χ1) is 14.2. The van der Waals surface area contributed by atoms with E-state index in [1.165, 1.54) is 0 Å². The highest BCUT2D eigenvalue weighted by molar-refractivity contribution is 5.96. The fraction of sp³-hybridized carbons (Fsp3) is 0.115. The van der Waals surface area contributed by atoms with E-state index in [-0.39, 0.29) is 17.7 Å². The van der Waals surface area contributed by atoms with Gasteiger partial charge in [0.25, 0.3) is 5.91 Å². The minimum Gasteiger partial charge on any atom is -0.508 e. The molecule has 3 aromatic rings. The smallest absolute Gasteiger partial charge is 0.258 e. The second-order valence-corrected chi connectivity index (χ2v) is 7.10. The molecule has 0 fully saturated rings. The number of hydrogen-bond acceptors (Lipinski definition) is 2. The minimum absolute atomic E-state index is 0.000703. The topological polar surface area (TPSA) is 40.5 Å². The van der Waals surface area contributed by atoms with Gasteiger partial charge in [-0.2, -0.15) is 0 Å². The summed E-state index contributed by atoms with van der Waals surface area (Å²) in [7, 11) is 0. The second kappa shape index (κ2) is 8.61. The van der Waals surface area contributed by atoms with E-state index in [1.807, 2.05) is 77.7 Å². The molecule has 3 nitrogen and oxygen atoms in total. The maximum atomic E-state index is 13.5. The fourth-order valence-electron chi connectivity index (χ4n) is 3.68. The van der Waals surface area contributed by atoms with Gasteiger partial charge >= 0.3 is 0 Å². The molecule has 0 saturated carbocycles. The Morgan fingerprint density at radius 2 is 1.52 bits per heavy atom. The van der Waals surface area contributed by atoms with E-state index in [0.29, 0.717) is 5.56 Å². The summed E-state index contributed by atoms with van der Waals surface area (Å²) < 4.78 is 0. The van der Waals surface area contributed by atoms with Crippen LogP contribution in [0.1, 0.15) is 40.4 Å². The van der Waals surface area contributed by atoms with Gasteiger partial charge < -0.3 is 10.0 Å². The number of carbonyl (C=O) groups excluding carboxylic acids is 1. The molecule has 4 rings (SSSR count). The van der Waals surface area contributed by atoms with Crippen molar-refractivity contribution in [2.24, 2.45) is 0 Å². The summed E-state index contributed by atoms with van der Waals surface area (Å²) in [6.07, 6.45) is 7.88. The molecule has 0 radical (unpaired) electrons. The lowest BCUT2D eigenvalue weighted by molar-refractivity contribution is 0.0733. The van der Waals surface area contributed by atoms with Crippen molar-refractivity contribution >= 4 is 12.0 Å². The minimum atomic E-state index is -0.00614. The highest BCUT2D eigenvalue weighted by atomic mass is 16.3. The van der Waals surface area contributed by atoms with Crippen LogP contribution < -0.4 is 0 Å².